The van der Waals surface area contributed by atoms with Gasteiger partial charge in [-0.1, -0.05) is 25.9 Å². The van der Waals surface area contributed by atoms with Crippen molar-refractivity contribution in [1.82, 2.24) is 5.16 Å². The van der Waals surface area contributed by atoms with Crippen LogP contribution >= 0.6 is 0 Å². The van der Waals surface area contributed by atoms with E-state index in [1.807, 2.05) is 20.8 Å². The zero-order valence-corrected chi connectivity index (χ0v) is 9.93. The van der Waals surface area contributed by atoms with Crippen LogP contribution in [-0.2, 0) is 11.0 Å². The molecule has 1 aromatic rings. The van der Waals surface area contributed by atoms with E-state index in [2.05, 4.69) is 25.9 Å². The van der Waals surface area contributed by atoms with Crippen molar-refractivity contribution in [3.8, 4) is 0 Å². The van der Waals surface area contributed by atoms with E-state index in [-0.39, 0.29) is 5.41 Å². The van der Waals surface area contributed by atoms with Crippen LogP contribution in [0.5, 0.6) is 0 Å². The second-order valence-electron chi connectivity index (χ2n) is 5.43. The van der Waals surface area contributed by atoms with Crippen LogP contribution in [0.1, 0.15) is 51.6 Å². The van der Waals surface area contributed by atoms with Crippen LogP contribution in [0.2, 0.25) is 0 Å². The van der Waals surface area contributed by atoms with Crippen molar-refractivity contribution >= 4 is 0 Å². The van der Waals surface area contributed by atoms with Gasteiger partial charge in [-0.3, -0.25) is 0 Å². The summed E-state index contributed by atoms with van der Waals surface area (Å²) in [6, 6.07) is 0. The first kappa shape index (κ1) is 11.2. The Morgan fingerprint density at radius 3 is 1.93 bits per heavy atom. The molecule has 0 saturated heterocycles. The highest BCUT2D eigenvalue weighted by molar-refractivity contribution is 5.33. The molecular weight excluding hydrogens is 176 g/mol. The van der Waals surface area contributed by atoms with Crippen molar-refractivity contribution in [2.24, 2.45) is 5.73 Å². The molecule has 3 nitrogen and oxygen atoms in total. The van der Waals surface area contributed by atoms with Gasteiger partial charge in [0.25, 0.3) is 0 Å². The molecule has 0 fully saturated rings. The van der Waals surface area contributed by atoms with E-state index in [0.717, 1.165) is 17.0 Å². The number of hydrogen-bond acceptors (Lipinski definition) is 3. The summed E-state index contributed by atoms with van der Waals surface area (Å²) >= 11 is 0. The van der Waals surface area contributed by atoms with E-state index < -0.39 is 5.54 Å². The smallest absolute Gasteiger partial charge is 0.138 e. The Labute approximate surface area is 85.7 Å². The Bertz CT molecular complexity index is 326. The molecule has 0 aliphatic carbocycles. The van der Waals surface area contributed by atoms with E-state index in [1.54, 1.807) is 0 Å². The summed E-state index contributed by atoms with van der Waals surface area (Å²) in [5.41, 5.74) is 7.67. The first-order valence-corrected chi connectivity index (χ1v) is 4.90. The minimum absolute atomic E-state index is 0.0241. The van der Waals surface area contributed by atoms with Crippen LogP contribution in [-0.4, -0.2) is 5.16 Å². The lowest BCUT2D eigenvalue weighted by atomic mass is 9.82. The number of rotatable bonds is 1. The number of nitrogens with two attached hydrogens (primary N) is 1. The number of aromatic nitrogens is 1. The van der Waals surface area contributed by atoms with Gasteiger partial charge in [-0.25, -0.2) is 0 Å². The third kappa shape index (κ3) is 1.98. The molecule has 0 bridgehead atoms. The highest BCUT2D eigenvalue weighted by Gasteiger charge is 2.31. The number of aryl methyl sites for hydroxylation is 1. The van der Waals surface area contributed by atoms with Crippen molar-refractivity contribution in [3.05, 3.63) is 17.0 Å². The van der Waals surface area contributed by atoms with E-state index in [1.165, 1.54) is 0 Å². The van der Waals surface area contributed by atoms with Crippen molar-refractivity contribution in [3.63, 3.8) is 0 Å². The SMILES string of the molecule is Cc1onc(C(C)(C)C)c1C(C)(C)N. The molecule has 0 aliphatic rings. The lowest BCUT2D eigenvalue weighted by Crippen LogP contribution is -2.32. The average molecular weight is 196 g/mol. The first-order valence-electron chi connectivity index (χ1n) is 4.90. The molecule has 1 aromatic heterocycles. The molecule has 1 rings (SSSR count). The van der Waals surface area contributed by atoms with Gasteiger partial charge in [0.15, 0.2) is 0 Å². The molecule has 0 atom stereocenters. The van der Waals surface area contributed by atoms with Gasteiger partial charge in [0, 0.05) is 16.5 Å². The maximum Gasteiger partial charge on any atom is 0.138 e. The monoisotopic (exact) mass is 196 g/mol. The van der Waals surface area contributed by atoms with Gasteiger partial charge in [-0.2, -0.15) is 0 Å². The van der Waals surface area contributed by atoms with Crippen molar-refractivity contribution in [2.45, 2.75) is 52.5 Å². The fourth-order valence-electron chi connectivity index (χ4n) is 1.64. The lowest BCUT2D eigenvalue weighted by Gasteiger charge is -2.24. The normalized spacial score (nSPS) is 13.4. The summed E-state index contributed by atoms with van der Waals surface area (Å²) in [6.07, 6.45) is 0. The minimum Gasteiger partial charge on any atom is -0.361 e. The highest BCUT2D eigenvalue weighted by Crippen LogP contribution is 2.32. The van der Waals surface area contributed by atoms with Crippen molar-refractivity contribution < 1.29 is 4.52 Å². The second kappa shape index (κ2) is 3.09. The summed E-state index contributed by atoms with van der Waals surface area (Å²) in [5.74, 6) is 0.822. The van der Waals surface area contributed by atoms with Crippen molar-refractivity contribution in [2.75, 3.05) is 0 Å². The van der Waals surface area contributed by atoms with E-state index in [9.17, 15) is 0 Å². The van der Waals surface area contributed by atoms with Gasteiger partial charge in [0.05, 0.1) is 5.69 Å². The molecule has 0 saturated carbocycles. The van der Waals surface area contributed by atoms with Crippen LogP contribution in [0.4, 0.5) is 0 Å². The average Bonchev–Trinajstić information content (AvgIpc) is 2.27. The van der Waals surface area contributed by atoms with Gasteiger partial charge in [0.2, 0.25) is 0 Å². The van der Waals surface area contributed by atoms with Gasteiger partial charge in [-0.05, 0) is 20.8 Å². The number of nitrogens with zero attached hydrogens (tertiary/aromatic N) is 1. The third-order valence-electron chi connectivity index (χ3n) is 2.22. The maximum absolute atomic E-state index is 6.10. The minimum atomic E-state index is -0.396. The summed E-state index contributed by atoms with van der Waals surface area (Å²) in [6.45, 7) is 12.2. The zero-order chi connectivity index (χ0) is 11.1. The van der Waals surface area contributed by atoms with Crippen LogP contribution in [0.15, 0.2) is 4.52 Å². The molecule has 3 heteroatoms. The third-order valence-corrected chi connectivity index (χ3v) is 2.22. The maximum atomic E-state index is 6.10. The lowest BCUT2D eigenvalue weighted by molar-refractivity contribution is 0.375. The molecule has 0 unspecified atom stereocenters. The molecule has 2 N–H and O–H groups in total. The zero-order valence-electron chi connectivity index (χ0n) is 9.93. The topological polar surface area (TPSA) is 52.0 Å². The van der Waals surface area contributed by atoms with Crippen LogP contribution in [0.3, 0.4) is 0 Å². The molecule has 14 heavy (non-hydrogen) atoms. The molecule has 0 aliphatic heterocycles. The molecular formula is C11H20N2O. The fourth-order valence-corrected chi connectivity index (χ4v) is 1.64. The summed E-state index contributed by atoms with van der Waals surface area (Å²) < 4.78 is 5.22. The molecule has 0 spiro atoms. The molecule has 0 aromatic carbocycles. The van der Waals surface area contributed by atoms with Crippen LogP contribution in [0, 0.1) is 6.92 Å². The van der Waals surface area contributed by atoms with Crippen LogP contribution < -0.4 is 5.73 Å². The second-order valence-corrected chi connectivity index (χ2v) is 5.43. The van der Waals surface area contributed by atoms with Crippen molar-refractivity contribution in [1.29, 1.82) is 0 Å². The van der Waals surface area contributed by atoms with Gasteiger partial charge in [0.1, 0.15) is 5.76 Å². The Morgan fingerprint density at radius 1 is 1.14 bits per heavy atom. The van der Waals surface area contributed by atoms with Crippen LogP contribution in [0.25, 0.3) is 0 Å². The molecule has 0 amide bonds. The quantitative estimate of drug-likeness (QED) is 0.750. The summed E-state index contributed by atoms with van der Waals surface area (Å²) in [7, 11) is 0. The summed E-state index contributed by atoms with van der Waals surface area (Å²) in [5, 5.41) is 4.10. The summed E-state index contributed by atoms with van der Waals surface area (Å²) in [4.78, 5) is 0. The largest absolute Gasteiger partial charge is 0.361 e. The molecule has 1 heterocycles. The first-order chi connectivity index (χ1) is 6.14. The van der Waals surface area contributed by atoms with E-state index >= 15 is 0 Å². The van der Waals surface area contributed by atoms with Gasteiger partial charge < -0.3 is 10.3 Å². The highest BCUT2D eigenvalue weighted by atomic mass is 16.5. The fraction of sp³-hybridized carbons (Fsp3) is 0.727. The number of hydrogen-bond donors (Lipinski definition) is 1. The standard InChI is InChI=1S/C11H20N2O/c1-7-8(11(5,6)12)9(13-14-7)10(2,3)4/h12H2,1-6H3. The van der Waals surface area contributed by atoms with E-state index in [0.29, 0.717) is 0 Å². The Kier molecular flexibility index (Phi) is 2.48. The predicted molar refractivity (Wildman–Crippen MR) is 57.2 cm³/mol. The van der Waals surface area contributed by atoms with E-state index in [4.69, 9.17) is 10.3 Å². The van der Waals surface area contributed by atoms with Gasteiger partial charge in [-0.15, -0.1) is 0 Å². The predicted octanol–water partition coefficient (Wildman–Crippen LogP) is 2.47. The Balaban J connectivity index is 3.35. The Morgan fingerprint density at radius 2 is 1.64 bits per heavy atom. The Hall–Kier alpha value is -0.830. The van der Waals surface area contributed by atoms with Gasteiger partial charge >= 0.3 is 0 Å². The molecule has 80 valence electrons. The molecule has 0 radical (unpaired) electrons.